The van der Waals surface area contributed by atoms with Gasteiger partial charge in [-0.2, -0.15) is 4.31 Å². The van der Waals surface area contributed by atoms with E-state index < -0.39 is 10.0 Å². The highest BCUT2D eigenvalue weighted by atomic mass is 79.9. The minimum Gasteiger partial charge on any atom is -0.373 e. The lowest BCUT2D eigenvalue weighted by Gasteiger charge is -2.34. The van der Waals surface area contributed by atoms with Crippen molar-refractivity contribution in [3.63, 3.8) is 0 Å². The summed E-state index contributed by atoms with van der Waals surface area (Å²) in [7, 11) is -3.21. The van der Waals surface area contributed by atoms with Gasteiger partial charge in [-0.15, -0.1) is 11.3 Å². The molecule has 0 spiro atoms. The van der Waals surface area contributed by atoms with Crippen LogP contribution in [0.25, 0.3) is 0 Å². The molecule has 8 heteroatoms. The highest BCUT2D eigenvalue weighted by molar-refractivity contribution is 9.11. The van der Waals surface area contributed by atoms with Gasteiger partial charge in [0.2, 0.25) is 10.0 Å². The van der Waals surface area contributed by atoms with Gasteiger partial charge < -0.3 is 10.1 Å². The molecule has 1 fully saturated rings. The van der Waals surface area contributed by atoms with Crippen molar-refractivity contribution in [2.45, 2.75) is 32.6 Å². The molecular weight excluding hydrogens is 376 g/mol. The van der Waals surface area contributed by atoms with Crippen LogP contribution >= 0.6 is 27.3 Å². The van der Waals surface area contributed by atoms with Crippen molar-refractivity contribution in [3.8, 4) is 0 Å². The third-order valence-corrected chi connectivity index (χ3v) is 6.63. The van der Waals surface area contributed by atoms with Gasteiger partial charge in [-0.05, 0) is 46.8 Å². The Labute approximate surface area is 138 Å². The Morgan fingerprint density at radius 3 is 2.67 bits per heavy atom. The molecule has 120 valence electrons. The summed E-state index contributed by atoms with van der Waals surface area (Å²) in [4.78, 5) is 0. The second kappa shape index (κ2) is 7.52. The van der Waals surface area contributed by atoms with E-state index in [9.17, 15) is 8.42 Å². The molecule has 0 aliphatic carbocycles. The van der Waals surface area contributed by atoms with Crippen LogP contribution in [0.2, 0.25) is 0 Å². The minimum absolute atomic E-state index is 0.0420. The Kier molecular flexibility index (Phi) is 6.22. The Balaban J connectivity index is 1.78. The molecule has 0 saturated carbocycles. The molecule has 1 aliphatic rings. The molecule has 1 N–H and O–H groups in total. The van der Waals surface area contributed by atoms with Crippen LogP contribution in [0.5, 0.6) is 0 Å². The quantitative estimate of drug-likeness (QED) is 0.747. The van der Waals surface area contributed by atoms with Gasteiger partial charge in [0.15, 0.2) is 0 Å². The number of nitrogens with zero attached hydrogens (tertiary/aromatic N) is 1. The number of thiophene rings is 1. The predicted molar refractivity (Wildman–Crippen MR) is 89.1 cm³/mol. The molecule has 1 aromatic heterocycles. The Bertz CT molecular complexity index is 552. The molecule has 0 amide bonds. The average Bonchev–Trinajstić information content (AvgIpc) is 2.79. The molecule has 0 aromatic carbocycles. The summed E-state index contributed by atoms with van der Waals surface area (Å²) in [5.74, 6) is 0.123. The monoisotopic (exact) mass is 396 g/mol. The van der Waals surface area contributed by atoms with E-state index in [1.165, 1.54) is 0 Å². The third-order valence-electron chi connectivity index (χ3n) is 3.27. The minimum atomic E-state index is -3.21. The molecule has 2 rings (SSSR count). The van der Waals surface area contributed by atoms with Crippen LogP contribution in [0.4, 0.5) is 0 Å². The normalized spacial score (nSPS) is 24.3. The van der Waals surface area contributed by atoms with Gasteiger partial charge in [-0.1, -0.05) is 0 Å². The summed E-state index contributed by atoms with van der Waals surface area (Å²) in [6.07, 6.45) is -0.0840. The number of ether oxygens (including phenoxy) is 1. The first-order chi connectivity index (χ1) is 9.87. The SMILES string of the molecule is C[C@@H]1CN(S(=O)(=O)CCNCc2csc(Br)c2)C[C@H](C)O1. The van der Waals surface area contributed by atoms with Crippen LogP contribution in [0.3, 0.4) is 0 Å². The zero-order valence-corrected chi connectivity index (χ0v) is 15.4. The second-order valence-electron chi connectivity index (χ2n) is 5.33. The van der Waals surface area contributed by atoms with Crippen LogP contribution in [0.1, 0.15) is 19.4 Å². The van der Waals surface area contributed by atoms with Crippen molar-refractivity contribution in [1.29, 1.82) is 0 Å². The molecule has 5 nitrogen and oxygen atoms in total. The van der Waals surface area contributed by atoms with E-state index >= 15 is 0 Å². The van der Waals surface area contributed by atoms with Crippen molar-refractivity contribution < 1.29 is 13.2 Å². The fourth-order valence-corrected chi connectivity index (χ4v) is 5.10. The molecule has 1 aliphatic heterocycles. The molecule has 2 atom stereocenters. The number of nitrogens with one attached hydrogen (secondary N) is 1. The summed E-state index contributed by atoms with van der Waals surface area (Å²) < 4.78 is 32.8. The van der Waals surface area contributed by atoms with Gasteiger partial charge in [0.05, 0.1) is 21.7 Å². The highest BCUT2D eigenvalue weighted by Crippen LogP contribution is 2.20. The maximum Gasteiger partial charge on any atom is 0.215 e. The van der Waals surface area contributed by atoms with E-state index in [0.717, 1.165) is 9.35 Å². The van der Waals surface area contributed by atoms with Crippen molar-refractivity contribution in [1.82, 2.24) is 9.62 Å². The number of morpholine rings is 1. The summed E-state index contributed by atoms with van der Waals surface area (Å²) >= 11 is 5.04. The first kappa shape index (κ1) is 17.4. The topological polar surface area (TPSA) is 58.6 Å². The highest BCUT2D eigenvalue weighted by Gasteiger charge is 2.30. The van der Waals surface area contributed by atoms with E-state index in [-0.39, 0.29) is 18.0 Å². The van der Waals surface area contributed by atoms with Crippen LogP contribution in [0, 0.1) is 0 Å². The lowest BCUT2D eigenvalue weighted by Crippen LogP contribution is -2.49. The smallest absolute Gasteiger partial charge is 0.215 e. The molecule has 0 unspecified atom stereocenters. The third kappa shape index (κ3) is 5.30. The summed E-state index contributed by atoms with van der Waals surface area (Å²) in [5.41, 5.74) is 1.16. The lowest BCUT2D eigenvalue weighted by atomic mass is 10.3. The van der Waals surface area contributed by atoms with E-state index in [1.54, 1.807) is 15.6 Å². The maximum absolute atomic E-state index is 12.3. The van der Waals surface area contributed by atoms with Crippen molar-refractivity contribution in [2.24, 2.45) is 0 Å². The standard InChI is InChI=1S/C13H21BrN2O3S2/c1-10-7-16(8-11(2)19-10)21(17,18)4-3-15-6-12-5-13(14)20-9-12/h5,9-11,15H,3-4,6-8H2,1-2H3/t10-,11+. The van der Waals surface area contributed by atoms with Crippen LogP contribution < -0.4 is 5.32 Å². The predicted octanol–water partition coefficient (Wildman–Crippen LogP) is 2.04. The van der Waals surface area contributed by atoms with E-state index in [2.05, 4.69) is 26.6 Å². The average molecular weight is 397 g/mol. The fraction of sp³-hybridized carbons (Fsp3) is 0.692. The molecule has 0 radical (unpaired) electrons. The van der Waals surface area contributed by atoms with Gasteiger partial charge in [0.25, 0.3) is 0 Å². The van der Waals surface area contributed by atoms with Crippen molar-refractivity contribution >= 4 is 37.3 Å². The number of hydrogen-bond acceptors (Lipinski definition) is 5. The molecule has 0 bridgehead atoms. The molecule has 21 heavy (non-hydrogen) atoms. The van der Waals surface area contributed by atoms with Crippen molar-refractivity contribution in [3.05, 3.63) is 20.8 Å². The first-order valence-corrected chi connectivity index (χ1v) is 10.2. The molecule has 2 heterocycles. The van der Waals surface area contributed by atoms with Gasteiger partial charge in [-0.3, -0.25) is 0 Å². The molecular formula is C13H21BrN2O3S2. The zero-order chi connectivity index (χ0) is 15.5. The zero-order valence-electron chi connectivity index (χ0n) is 12.2. The van der Waals surface area contributed by atoms with Crippen LogP contribution in [0.15, 0.2) is 15.2 Å². The van der Waals surface area contributed by atoms with E-state index in [0.29, 0.717) is 26.2 Å². The Morgan fingerprint density at radius 1 is 1.43 bits per heavy atom. The van der Waals surface area contributed by atoms with Crippen molar-refractivity contribution in [2.75, 3.05) is 25.4 Å². The maximum atomic E-state index is 12.3. The van der Waals surface area contributed by atoms with Crippen LogP contribution in [-0.2, 0) is 21.3 Å². The lowest BCUT2D eigenvalue weighted by molar-refractivity contribution is -0.0440. The van der Waals surface area contributed by atoms with Gasteiger partial charge >= 0.3 is 0 Å². The summed E-state index contributed by atoms with van der Waals surface area (Å²) in [5, 5.41) is 5.23. The largest absolute Gasteiger partial charge is 0.373 e. The second-order valence-corrected chi connectivity index (χ2v) is 9.71. The van der Waals surface area contributed by atoms with Gasteiger partial charge in [-0.25, -0.2) is 8.42 Å². The summed E-state index contributed by atoms with van der Waals surface area (Å²) in [6, 6.07) is 2.04. The van der Waals surface area contributed by atoms with Crippen LogP contribution in [-0.4, -0.2) is 50.3 Å². The summed E-state index contributed by atoms with van der Waals surface area (Å²) in [6.45, 7) is 5.85. The van der Waals surface area contributed by atoms with Gasteiger partial charge in [0.1, 0.15) is 0 Å². The Morgan fingerprint density at radius 2 is 2.10 bits per heavy atom. The van der Waals surface area contributed by atoms with E-state index in [1.807, 2.05) is 19.9 Å². The molecule has 1 saturated heterocycles. The molecule has 1 aromatic rings. The van der Waals surface area contributed by atoms with E-state index in [4.69, 9.17) is 4.74 Å². The number of sulfonamides is 1. The number of hydrogen-bond donors (Lipinski definition) is 1. The first-order valence-electron chi connectivity index (χ1n) is 6.94. The fourth-order valence-electron chi connectivity index (χ4n) is 2.36. The Hall–Kier alpha value is 0.01000. The number of halogens is 1. The van der Waals surface area contributed by atoms with Gasteiger partial charge in [0, 0.05) is 26.2 Å². The number of rotatable bonds is 6.